The third-order valence-electron chi connectivity index (χ3n) is 5.90. The topological polar surface area (TPSA) is 135 Å². The summed E-state index contributed by atoms with van der Waals surface area (Å²) in [6.07, 6.45) is 4.70. The van der Waals surface area contributed by atoms with E-state index >= 15 is 0 Å². The van der Waals surface area contributed by atoms with Crippen LogP contribution in [0, 0.1) is 18.2 Å². The van der Waals surface area contributed by atoms with E-state index in [1.54, 1.807) is 38.4 Å². The number of nitrogens with zero attached hydrogens (tertiary/aromatic N) is 6. The van der Waals surface area contributed by atoms with E-state index in [9.17, 15) is 9.18 Å². The molecule has 0 amide bonds. The van der Waals surface area contributed by atoms with Gasteiger partial charge in [-0.2, -0.15) is 4.99 Å². The predicted molar refractivity (Wildman–Crippen MR) is 142 cm³/mol. The lowest BCUT2D eigenvalue weighted by molar-refractivity contribution is 0.625. The van der Waals surface area contributed by atoms with Crippen molar-refractivity contribution in [1.29, 1.82) is 5.41 Å². The van der Waals surface area contributed by atoms with E-state index in [0.717, 1.165) is 0 Å². The molecule has 3 heterocycles. The molecule has 1 aliphatic heterocycles. The molecule has 1 aliphatic rings. The van der Waals surface area contributed by atoms with Crippen molar-refractivity contribution in [1.82, 2.24) is 14.5 Å². The van der Waals surface area contributed by atoms with Crippen molar-refractivity contribution in [2.24, 2.45) is 20.7 Å². The van der Waals surface area contributed by atoms with Crippen molar-refractivity contribution in [2.45, 2.75) is 19.9 Å². The molecular formula is C27H21FN8O. The first-order valence-electron chi connectivity index (χ1n) is 11.4. The highest BCUT2D eigenvalue weighted by Gasteiger charge is 2.20. The number of hydrogen-bond acceptors (Lipinski definition) is 7. The van der Waals surface area contributed by atoms with Gasteiger partial charge in [-0.3, -0.25) is 19.8 Å². The smallest absolute Gasteiger partial charge is 0.263 e. The lowest BCUT2D eigenvalue weighted by Gasteiger charge is -2.19. The van der Waals surface area contributed by atoms with Crippen LogP contribution in [-0.4, -0.2) is 38.4 Å². The first kappa shape index (κ1) is 23.7. The number of nitrogens with two attached hydrogens (primary N) is 1. The highest BCUT2D eigenvalue weighted by Crippen LogP contribution is 2.30. The number of amidine groups is 1. The molecule has 37 heavy (non-hydrogen) atoms. The quantitative estimate of drug-likeness (QED) is 0.417. The summed E-state index contributed by atoms with van der Waals surface area (Å²) >= 11 is 0. The fraction of sp³-hybridized carbons (Fsp3) is 0.111. The molecule has 0 fully saturated rings. The van der Waals surface area contributed by atoms with Gasteiger partial charge < -0.3 is 5.73 Å². The van der Waals surface area contributed by atoms with E-state index in [4.69, 9.17) is 11.1 Å². The molecule has 1 atom stereocenters. The minimum absolute atomic E-state index is 0.00376. The van der Waals surface area contributed by atoms with E-state index in [0.29, 0.717) is 39.1 Å². The summed E-state index contributed by atoms with van der Waals surface area (Å²) < 4.78 is 15.7. The maximum atomic E-state index is 14.3. The summed E-state index contributed by atoms with van der Waals surface area (Å²) in [5.41, 5.74) is 7.83. The van der Waals surface area contributed by atoms with Crippen LogP contribution in [0.5, 0.6) is 0 Å². The summed E-state index contributed by atoms with van der Waals surface area (Å²) in [5.74, 6) is 2.55. The zero-order valence-corrected chi connectivity index (χ0v) is 20.0. The molecule has 5 rings (SSSR count). The molecule has 0 saturated heterocycles. The second-order valence-corrected chi connectivity index (χ2v) is 8.37. The van der Waals surface area contributed by atoms with Crippen LogP contribution in [0.3, 0.4) is 0 Å². The SMILES string of the molecule is Cc1ncc(-c2cccc3cc(C(C)N=C4N=C(N)N=CC4=C=N)n(-c4cccc(F)c4)c(=O)c23)cn1. The van der Waals surface area contributed by atoms with Gasteiger partial charge in [-0.1, -0.05) is 24.3 Å². The third-order valence-corrected chi connectivity index (χ3v) is 5.90. The molecule has 2 aromatic heterocycles. The van der Waals surface area contributed by atoms with Crippen LogP contribution in [0.25, 0.3) is 27.6 Å². The minimum Gasteiger partial charge on any atom is -0.368 e. The number of aliphatic imine (C=N–C) groups is 3. The van der Waals surface area contributed by atoms with Crippen molar-refractivity contribution in [2.75, 3.05) is 0 Å². The number of benzene rings is 2. The zero-order chi connectivity index (χ0) is 26.1. The summed E-state index contributed by atoms with van der Waals surface area (Å²) in [6.45, 7) is 3.56. The van der Waals surface area contributed by atoms with Crippen molar-refractivity contribution in [3.05, 3.63) is 94.2 Å². The number of guanidine groups is 1. The highest BCUT2D eigenvalue weighted by atomic mass is 19.1. The number of hydrogen-bond donors (Lipinski definition) is 2. The lowest BCUT2D eigenvalue weighted by atomic mass is 9.99. The van der Waals surface area contributed by atoms with Crippen LogP contribution in [0.15, 0.2) is 86.3 Å². The molecule has 182 valence electrons. The molecule has 4 aromatic rings. The third kappa shape index (κ3) is 4.49. The Kier molecular flexibility index (Phi) is 6.09. The van der Waals surface area contributed by atoms with E-state index in [1.165, 1.54) is 22.9 Å². The number of fused-ring (bicyclic) bond motifs is 1. The molecule has 0 saturated carbocycles. The molecule has 0 spiro atoms. The molecule has 3 N–H and O–H groups in total. The van der Waals surface area contributed by atoms with Crippen LogP contribution >= 0.6 is 0 Å². The average molecular weight is 493 g/mol. The monoisotopic (exact) mass is 492 g/mol. The number of rotatable bonds is 4. The van der Waals surface area contributed by atoms with Gasteiger partial charge in [0.25, 0.3) is 5.56 Å². The fourth-order valence-corrected chi connectivity index (χ4v) is 4.17. The summed E-state index contributed by atoms with van der Waals surface area (Å²) in [4.78, 5) is 35.3. The van der Waals surface area contributed by atoms with Crippen molar-refractivity contribution < 1.29 is 4.39 Å². The Balaban J connectivity index is 1.80. The first-order valence-corrected chi connectivity index (χ1v) is 11.4. The van der Waals surface area contributed by atoms with Gasteiger partial charge >= 0.3 is 0 Å². The minimum atomic E-state index is -0.631. The summed E-state index contributed by atoms with van der Waals surface area (Å²) in [5, 5.41) is 8.64. The van der Waals surface area contributed by atoms with Crippen LogP contribution in [-0.2, 0) is 0 Å². The number of halogens is 1. The van der Waals surface area contributed by atoms with Gasteiger partial charge in [0, 0.05) is 18.0 Å². The van der Waals surface area contributed by atoms with Crippen LogP contribution < -0.4 is 11.3 Å². The van der Waals surface area contributed by atoms with Crippen LogP contribution in [0.4, 0.5) is 4.39 Å². The zero-order valence-electron chi connectivity index (χ0n) is 20.0. The summed E-state index contributed by atoms with van der Waals surface area (Å²) in [7, 11) is 0. The van der Waals surface area contributed by atoms with E-state index < -0.39 is 11.9 Å². The molecule has 0 aliphatic carbocycles. The number of pyridine rings is 1. The Morgan fingerprint density at radius 3 is 2.62 bits per heavy atom. The maximum absolute atomic E-state index is 14.3. The van der Waals surface area contributed by atoms with Crippen molar-refractivity contribution in [3.8, 4) is 16.8 Å². The number of aryl methyl sites for hydroxylation is 1. The van der Waals surface area contributed by atoms with Gasteiger partial charge in [-0.25, -0.2) is 19.4 Å². The Bertz CT molecular complexity index is 1750. The largest absolute Gasteiger partial charge is 0.368 e. The predicted octanol–water partition coefficient (Wildman–Crippen LogP) is 3.93. The van der Waals surface area contributed by atoms with Gasteiger partial charge in [-0.05, 0) is 54.9 Å². The van der Waals surface area contributed by atoms with E-state index in [2.05, 4.69) is 30.8 Å². The van der Waals surface area contributed by atoms with Gasteiger partial charge in [0.05, 0.1) is 34.6 Å². The summed E-state index contributed by atoms with van der Waals surface area (Å²) in [6, 6.07) is 12.5. The number of aromatic nitrogens is 3. The van der Waals surface area contributed by atoms with Crippen LogP contribution in [0.2, 0.25) is 0 Å². The standard InChI is InChI=1S/C27H21FN8O/c1-15(34-25-18(11-29)12-33-27(30)35-25)23-9-17-5-3-8-22(19-13-31-16(2)32-14-19)24(17)26(37)36(23)21-7-4-6-20(28)10-21/h3-10,12-15,29H,1-2H3,(H2,30,34,35). The van der Waals surface area contributed by atoms with Gasteiger partial charge in [0.2, 0.25) is 5.96 Å². The highest BCUT2D eigenvalue weighted by molar-refractivity contribution is 6.27. The maximum Gasteiger partial charge on any atom is 0.263 e. The molecular weight excluding hydrogens is 471 g/mol. The van der Waals surface area contributed by atoms with E-state index in [1.807, 2.05) is 24.3 Å². The molecule has 10 heteroatoms. The molecule has 1 unspecified atom stereocenters. The second-order valence-electron chi connectivity index (χ2n) is 8.37. The van der Waals surface area contributed by atoms with Gasteiger partial charge in [0.15, 0.2) is 5.84 Å². The molecule has 2 aromatic carbocycles. The second kappa shape index (κ2) is 9.52. The molecule has 0 radical (unpaired) electrons. The Morgan fingerprint density at radius 2 is 1.89 bits per heavy atom. The van der Waals surface area contributed by atoms with Crippen molar-refractivity contribution >= 4 is 34.7 Å². The van der Waals surface area contributed by atoms with Gasteiger partial charge in [-0.15, -0.1) is 0 Å². The fourth-order valence-electron chi connectivity index (χ4n) is 4.17. The van der Waals surface area contributed by atoms with Crippen LogP contribution in [0.1, 0.15) is 24.5 Å². The Hall–Kier alpha value is -5.08. The average Bonchev–Trinajstić information content (AvgIpc) is 2.89. The molecule has 9 nitrogen and oxygen atoms in total. The van der Waals surface area contributed by atoms with Gasteiger partial charge in [0.1, 0.15) is 11.6 Å². The van der Waals surface area contributed by atoms with Crippen molar-refractivity contribution in [3.63, 3.8) is 0 Å². The molecule has 0 bridgehead atoms. The first-order chi connectivity index (χ1) is 17.9. The Morgan fingerprint density at radius 1 is 1.14 bits per heavy atom. The number of nitrogens with one attached hydrogen (secondary N) is 1. The van der Waals surface area contributed by atoms with E-state index in [-0.39, 0.29) is 22.9 Å². The Labute approximate surface area is 210 Å². The lowest BCUT2D eigenvalue weighted by Crippen LogP contribution is -2.24. The normalized spacial score (nSPS) is 15.1.